The van der Waals surface area contributed by atoms with Crippen LogP contribution < -0.4 is 4.31 Å². The molecule has 0 spiro atoms. The fourth-order valence-electron chi connectivity index (χ4n) is 4.13. The van der Waals surface area contributed by atoms with Crippen LogP contribution in [0.4, 0.5) is 5.69 Å². The SMILES string of the molecule is COC(=O)c1cc2c(N(Cc3cncn3Cc3ccc(C#N)cc3)S(=O)(=O)c3ccccc3)cccc2s1. The summed E-state index contributed by atoms with van der Waals surface area (Å²) in [7, 11) is -2.68. The molecule has 0 N–H and O–H groups in total. The van der Waals surface area contributed by atoms with Crippen molar-refractivity contribution in [3.8, 4) is 6.07 Å². The predicted molar refractivity (Wildman–Crippen MR) is 145 cm³/mol. The molecule has 0 aliphatic rings. The molecule has 2 heterocycles. The number of thiophene rings is 1. The molecular weight excluding hydrogens is 520 g/mol. The maximum Gasteiger partial charge on any atom is 0.348 e. The van der Waals surface area contributed by atoms with Crippen molar-refractivity contribution < 1.29 is 17.9 Å². The van der Waals surface area contributed by atoms with Crippen LogP contribution in [-0.2, 0) is 27.8 Å². The van der Waals surface area contributed by atoms with Gasteiger partial charge >= 0.3 is 5.97 Å². The highest BCUT2D eigenvalue weighted by Gasteiger charge is 2.28. The molecule has 0 atom stereocenters. The van der Waals surface area contributed by atoms with E-state index in [9.17, 15) is 13.2 Å². The van der Waals surface area contributed by atoms with E-state index in [2.05, 4.69) is 11.1 Å². The predicted octanol–water partition coefficient (Wildman–Crippen LogP) is 5.20. The van der Waals surface area contributed by atoms with Gasteiger partial charge in [-0.2, -0.15) is 5.26 Å². The van der Waals surface area contributed by atoms with Crippen LogP contribution in [0.1, 0.15) is 26.5 Å². The van der Waals surface area contributed by atoms with E-state index < -0.39 is 16.0 Å². The average molecular weight is 543 g/mol. The van der Waals surface area contributed by atoms with Crippen molar-refractivity contribution in [2.75, 3.05) is 11.4 Å². The number of hydrogen-bond donors (Lipinski definition) is 0. The van der Waals surface area contributed by atoms with Crippen molar-refractivity contribution in [3.63, 3.8) is 0 Å². The van der Waals surface area contributed by atoms with E-state index in [1.807, 2.05) is 22.8 Å². The highest BCUT2D eigenvalue weighted by atomic mass is 32.2. The summed E-state index contributed by atoms with van der Waals surface area (Å²) in [6.45, 7) is 0.464. The minimum absolute atomic E-state index is 0.00994. The Kier molecular flexibility index (Phi) is 6.96. The number of sulfonamides is 1. The number of benzene rings is 3. The number of methoxy groups -OCH3 is 1. The molecule has 0 bridgehead atoms. The van der Waals surface area contributed by atoms with Crippen LogP contribution in [-0.4, -0.2) is 31.0 Å². The number of ether oxygens (including phenoxy) is 1. The van der Waals surface area contributed by atoms with Gasteiger partial charge in [-0.25, -0.2) is 18.2 Å². The Hall–Kier alpha value is -4.46. The number of fused-ring (bicyclic) bond motifs is 1. The first-order chi connectivity index (χ1) is 18.4. The summed E-state index contributed by atoms with van der Waals surface area (Å²) in [5.41, 5.74) is 2.64. The van der Waals surface area contributed by atoms with Gasteiger partial charge in [0.1, 0.15) is 4.88 Å². The molecular formula is C28H22N4O4S2. The molecule has 0 saturated carbocycles. The Morgan fingerprint density at radius 1 is 1.08 bits per heavy atom. The molecule has 10 heteroatoms. The summed E-state index contributed by atoms with van der Waals surface area (Å²) in [5.74, 6) is -0.477. The van der Waals surface area contributed by atoms with E-state index in [-0.39, 0.29) is 11.4 Å². The summed E-state index contributed by atoms with van der Waals surface area (Å²) >= 11 is 1.25. The third-order valence-corrected chi connectivity index (χ3v) is 8.92. The van der Waals surface area contributed by atoms with Crippen molar-refractivity contribution in [1.82, 2.24) is 9.55 Å². The van der Waals surface area contributed by atoms with Crippen LogP contribution in [0.3, 0.4) is 0 Å². The molecule has 0 aliphatic carbocycles. The Morgan fingerprint density at radius 3 is 2.55 bits per heavy atom. The molecule has 0 saturated heterocycles. The summed E-state index contributed by atoms with van der Waals surface area (Å²) in [4.78, 5) is 17.0. The van der Waals surface area contributed by atoms with Crippen molar-refractivity contribution >= 4 is 43.1 Å². The summed E-state index contributed by atoms with van der Waals surface area (Å²) in [5, 5.41) is 9.71. The molecule has 190 valence electrons. The third kappa shape index (κ3) is 4.89. The Morgan fingerprint density at radius 2 is 1.84 bits per heavy atom. The number of carbonyl (C=O) groups excluding carboxylic acids is 1. The molecule has 8 nitrogen and oxygen atoms in total. The van der Waals surface area contributed by atoms with E-state index in [1.54, 1.807) is 73.2 Å². The van der Waals surface area contributed by atoms with Gasteiger partial charge in [-0.15, -0.1) is 11.3 Å². The van der Waals surface area contributed by atoms with Gasteiger partial charge in [-0.3, -0.25) is 4.31 Å². The van der Waals surface area contributed by atoms with Gasteiger partial charge in [0.15, 0.2) is 0 Å². The second-order valence-electron chi connectivity index (χ2n) is 8.44. The average Bonchev–Trinajstić information content (AvgIpc) is 3.59. The van der Waals surface area contributed by atoms with Crippen LogP contribution in [0.15, 0.2) is 96.3 Å². The van der Waals surface area contributed by atoms with Gasteiger partial charge in [0.25, 0.3) is 10.0 Å². The van der Waals surface area contributed by atoms with Crippen LogP contribution in [0.5, 0.6) is 0 Å². The van der Waals surface area contributed by atoms with E-state index in [4.69, 9.17) is 10.00 Å². The standard InChI is InChI=1S/C28H22N4O4S2/c1-36-28(33)27-14-24-25(8-5-9-26(24)37-27)32(38(34,35)23-6-3-2-4-7-23)18-22-16-30-19-31(22)17-21-12-10-20(15-29)11-13-21/h2-14,16,19H,17-18H2,1H3. The van der Waals surface area contributed by atoms with Gasteiger partial charge in [-0.05, 0) is 48.0 Å². The lowest BCUT2D eigenvalue weighted by Gasteiger charge is -2.26. The zero-order valence-electron chi connectivity index (χ0n) is 20.3. The van der Waals surface area contributed by atoms with Crippen LogP contribution >= 0.6 is 11.3 Å². The number of nitrogens with zero attached hydrogens (tertiary/aromatic N) is 4. The van der Waals surface area contributed by atoms with E-state index in [0.29, 0.717) is 33.8 Å². The number of aromatic nitrogens is 2. The first kappa shape index (κ1) is 25.2. The van der Waals surface area contributed by atoms with Crippen molar-refractivity contribution in [3.05, 3.63) is 113 Å². The number of imidazole rings is 1. The van der Waals surface area contributed by atoms with E-state index in [0.717, 1.165) is 10.3 Å². The molecule has 5 rings (SSSR count). The van der Waals surface area contributed by atoms with Gasteiger partial charge in [0.2, 0.25) is 0 Å². The maximum absolute atomic E-state index is 14.0. The van der Waals surface area contributed by atoms with Gasteiger partial charge < -0.3 is 9.30 Å². The summed E-state index contributed by atoms with van der Waals surface area (Å²) in [6, 6.07) is 24.6. The fourth-order valence-corrected chi connectivity index (χ4v) is 6.61. The molecule has 38 heavy (non-hydrogen) atoms. The summed E-state index contributed by atoms with van der Waals surface area (Å²) < 4.78 is 36.9. The van der Waals surface area contributed by atoms with Gasteiger partial charge in [-0.1, -0.05) is 36.4 Å². The van der Waals surface area contributed by atoms with Crippen LogP contribution in [0, 0.1) is 11.3 Å². The van der Waals surface area contributed by atoms with Crippen LogP contribution in [0.25, 0.3) is 10.1 Å². The number of nitriles is 1. The Labute approximate surface area is 224 Å². The second kappa shape index (κ2) is 10.5. The normalized spacial score (nSPS) is 11.3. The van der Waals surface area contributed by atoms with Crippen molar-refractivity contribution in [1.29, 1.82) is 5.26 Å². The van der Waals surface area contributed by atoms with Gasteiger partial charge in [0, 0.05) is 22.8 Å². The molecule has 0 fully saturated rings. The lowest BCUT2D eigenvalue weighted by atomic mass is 10.1. The smallest absolute Gasteiger partial charge is 0.348 e. The fraction of sp³-hybridized carbons (Fsp3) is 0.107. The largest absolute Gasteiger partial charge is 0.465 e. The molecule has 5 aromatic rings. The first-order valence-corrected chi connectivity index (χ1v) is 13.8. The number of anilines is 1. The van der Waals surface area contributed by atoms with E-state index in [1.165, 1.54) is 22.8 Å². The quantitative estimate of drug-likeness (QED) is 0.250. The Balaban J connectivity index is 1.59. The van der Waals surface area contributed by atoms with Crippen molar-refractivity contribution in [2.24, 2.45) is 0 Å². The highest BCUT2D eigenvalue weighted by Crippen LogP contribution is 2.37. The van der Waals surface area contributed by atoms with E-state index >= 15 is 0 Å². The molecule has 3 aromatic carbocycles. The number of rotatable bonds is 8. The zero-order valence-corrected chi connectivity index (χ0v) is 21.9. The molecule has 0 unspecified atom stereocenters. The first-order valence-electron chi connectivity index (χ1n) is 11.6. The lowest BCUT2D eigenvalue weighted by molar-refractivity contribution is 0.0606. The zero-order chi connectivity index (χ0) is 26.7. The second-order valence-corrected chi connectivity index (χ2v) is 11.4. The summed E-state index contributed by atoms with van der Waals surface area (Å²) in [6.07, 6.45) is 3.30. The minimum atomic E-state index is -3.99. The van der Waals surface area contributed by atoms with Gasteiger partial charge in [0.05, 0.1) is 47.9 Å². The monoisotopic (exact) mass is 542 g/mol. The minimum Gasteiger partial charge on any atom is -0.465 e. The Bertz CT molecular complexity index is 1750. The molecule has 0 aliphatic heterocycles. The molecule has 0 amide bonds. The third-order valence-electron chi connectivity index (χ3n) is 6.07. The topological polar surface area (TPSA) is 105 Å². The highest BCUT2D eigenvalue weighted by molar-refractivity contribution is 7.92. The number of hydrogen-bond acceptors (Lipinski definition) is 7. The maximum atomic E-state index is 14.0. The number of esters is 1. The van der Waals surface area contributed by atoms with Crippen LogP contribution in [0.2, 0.25) is 0 Å². The lowest BCUT2D eigenvalue weighted by Crippen LogP contribution is -2.31. The van der Waals surface area contributed by atoms with Crippen molar-refractivity contribution in [2.45, 2.75) is 18.0 Å². The molecule has 2 aromatic heterocycles. The molecule has 0 radical (unpaired) electrons. The number of carbonyl (C=O) groups is 1.